The van der Waals surface area contributed by atoms with Gasteiger partial charge in [-0.05, 0) is 48.6 Å². The van der Waals surface area contributed by atoms with Crippen LogP contribution in [0.4, 0.5) is 11.4 Å². The molecule has 0 aliphatic carbocycles. The summed E-state index contributed by atoms with van der Waals surface area (Å²) in [5.41, 5.74) is 3.02. The Morgan fingerprint density at radius 2 is 1.65 bits per heavy atom. The smallest absolute Gasteiger partial charge is 0.295 e. The molecule has 0 saturated heterocycles. The van der Waals surface area contributed by atoms with Gasteiger partial charge in [0.1, 0.15) is 4.90 Å². The molecule has 0 atom stereocenters. The number of anilines is 2. The monoisotopic (exact) mass is 327 g/mol. The topological polar surface area (TPSA) is 66.4 Å². The molecule has 3 rings (SSSR count). The maximum absolute atomic E-state index is 11.9. The zero-order valence-electron chi connectivity index (χ0n) is 12.9. The first-order chi connectivity index (χ1) is 10.9. The summed E-state index contributed by atoms with van der Waals surface area (Å²) in [7, 11) is -4.33. The molecular weight excluding hydrogens is 310 g/mol. The van der Waals surface area contributed by atoms with E-state index in [0.29, 0.717) is 16.6 Å². The van der Waals surface area contributed by atoms with E-state index in [1.54, 1.807) is 13.0 Å². The molecule has 0 bridgehead atoms. The predicted molar refractivity (Wildman–Crippen MR) is 93.0 cm³/mol. The normalized spacial score (nSPS) is 11.6. The lowest BCUT2D eigenvalue weighted by Crippen LogP contribution is -2.04. The molecule has 118 valence electrons. The van der Waals surface area contributed by atoms with Gasteiger partial charge in [-0.2, -0.15) is 8.42 Å². The van der Waals surface area contributed by atoms with E-state index in [9.17, 15) is 13.0 Å². The van der Waals surface area contributed by atoms with E-state index in [4.69, 9.17) is 0 Å². The number of nitrogens with one attached hydrogen (secondary N) is 1. The van der Waals surface area contributed by atoms with Gasteiger partial charge >= 0.3 is 0 Å². The second kappa shape index (κ2) is 5.68. The van der Waals surface area contributed by atoms with Gasteiger partial charge in [-0.3, -0.25) is 4.55 Å². The average molecular weight is 327 g/mol. The van der Waals surface area contributed by atoms with Gasteiger partial charge in [-0.25, -0.2) is 0 Å². The van der Waals surface area contributed by atoms with Crippen LogP contribution in [-0.2, 0) is 10.1 Å². The summed E-state index contributed by atoms with van der Waals surface area (Å²) in [6, 6.07) is 16.9. The van der Waals surface area contributed by atoms with Gasteiger partial charge in [0.25, 0.3) is 10.1 Å². The van der Waals surface area contributed by atoms with Crippen molar-refractivity contribution in [2.75, 3.05) is 5.32 Å². The van der Waals surface area contributed by atoms with Crippen LogP contribution in [0.25, 0.3) is 10.8 Å². The second-order valence-corrected chi connectivity index (χ2v) is 6.95. The molecule has 23 heavy (non-hydrogen) atoms. The Bertz CT molecular complexity index is 980. The summed E-state index contributed by atoms with van der Waals surface area (Å²) >= 11 is 0. The highest BCUT2D eigenvalue weighted by atomic mass is 32.2. The molecule has 2 N–H and O–H groups in total. The molecule has 5 heteroatoms. The van der Waals surface area contributed by atoms with Gasteiger partial charge in [0.15, 0.2) is 0 Å². The fourth-order valence-electron chi connectivity index (χ4n) is 2.79. The Morgan fingerprint density at radius 1 is 0.957 bits per heavy atom. The number of aryl methyl sites for hydroxylation is 2. The first-order valence-corrected chi connectivity index (χ1v) is 8.64. The number of benzene rings is 3. The van der Waals surface area contributed by atoms with Crippen molar-refractivity contribution in [2.45, 2.75) is 18.7 Å². The van der Waals surface area contributed by atoms with Crippen molar-refractivity contribution in [1.29, 1.82) is 0 Å². The summed E-state index contributed by atoms with van der Waals surface area (Å²) in [4.78, 5) is -0.0477. The molecular formula is C18H17NO3S. The molecule has 3 aromatic rings. The van der Waals surface area contributed by atoms with Crippen LogP contribution in [-0.4, -0.2) is 13.0 Å². The molecule has 0 heterocycles. The van der Waals surface area contributed by atoms with Crippen molar-refractivity contribution in [1.82, 2.24) is 0 Å². The Balaban J connectivity index is 2.34. The van der Waals surface area contributed by atoms with Crippen LogP contribution in [0.2, 0.25) is 0 Å². The zero-order valence-corrected chi connectivity index (χ0v) is 13.7. The average Bonchev–Trinajstić information content (AvgIpc) is 2.47. The number of para-hydroxylation sites is 1. The third kappa shape index (κ3) is 3.06. The maximum atomic E-state index is 11.9. The highest BCUT2D eigenvalue weighted by molar-refractivity contribution is 7.86. The van der Waals surface area contributed by atoms with Gasteiger partial charge in [-0.1, -0.05) is 36.4 Å². The van der Waals surface area contributed by atoms with Crippen LogP contribution in [0.15, 0.2) is 59.5 Å². The molecule has 0 aliphatic heterocycles. The standard InChI is InChI=1S/C18H17NO3S/c1-12-10-14-9-8-13(2)18(23(20,21)22)17(14)16(11-12)19-15-6-4-3-5-7-15/h3-11,19H,1-2H3,(H,20,21,22). The van der Waals surface area contributed by atoms with Crippen molar-refractivity contribution in [3.05, 3.63) is 65.7 Å². The van der Waals surface area contributed by atoms with E-state index in [0.717, 1.165) is 16.6 Å². The van der Waals surface area contributed by atoms with Crippen LogP contribution in [0, 0.1) is 13.8 Å². The summed E-state index contributed by atoms with van der Waals surface area (Å²) in [6.07, 6.45) is 0. The number of rotatable bonds is 3. The lowest BCUT2D eigenvalue weighted by atomic mass is 10.0. The molecule has 0 unspecified atom stereocenters. The summed E-state index contributed by atoms with van der Waals surface area (Å²) in [6.45, 7) is 3.62. The van der Waals surface area contributed by atoms with Crippen LogP contribution in [0.1, 0.15) is 11.1 Å². The van der Waals surface area contributed by atoms with E-state index in [2.05, 4.69) is 5.32 Å². The van der Waals surface area contributed by atoms with Crippen LogP contribution in [0.5, 0.6) is 0 Å². The molecule has 0 spiro atoms. The Kier molecular flexibility index (Phi) is 3.83. The zero-order chi connectivity index (χ0) is 16.6. The number of hydrogen-bond donors (Lipinski definition) is 2. The number of fused-ring (bicyclic) bond motifs is 1. The second-order valence-electron chi connectivity index (χ2n) is 5.59. The van der Waals surface area contributed by atoms with E-state index < -0.39 is 10.1 Å². The van der Waals surface area contributed by atoms with E-state index in [-0.39, 0.29) is 4.90 Å². The minimum absolute atomic E-state index is 0.0477. The Morgan fingerprint density at radius 3 is 2.30 bits per heavy atom. The lowest BCUT2D eigenvalue weighted by molar-refractivity contribution is 0.483. The minimum atomic E-state index is -4.33. The van der Waals surface area contributed by atoms with Gasteiger partial charge < -0.3 is 5.32 Å². The molecule has 0 aliphatic rings. The van der Waals surface area contributed by atoms with E-state index in [1.807, 2.05) is 55.5 Å². The van der Waals surface area contributed by atoms with Crippen molar-refractivity contribution in [2.24, 2.45) is 0 Å². The fraction of sp³-hybridized carbons (Fsp3) is 0.111. The molecule has 0 aromatic heterocycles. The number of hydrogen-bond acceptors (Lipinski definition) is 3. The van der Waals surface area contributed by atoms with Crippen LogP contribution in [0.3, 0.4) is 0 Å². The van der Waals surface area contributed by atoms with Gasteiger partial charge in [0.2, 0.25) is 0 Å². The predicted octanol–water partition coefficient (Wildman–Crippen LogP) is 4.45. The van der Waals surface area contributed by atoms with Crippen molar-refractivity contribution in [3.8, 4) is 0 Å². The lowest BCUT2D eigenvalue weighted by Gasteiger charge is -2.15. The summed E-state index contributed by atoms with van der Waals surface area (Å²) < 4.78 is 33.4. The van der Waals surface area contributed by atoms with E-state index in [1.165, 1.54) is 0 Å². The van der Waals surface area contributed by atoms with Gasteiger partial charge in [0.05, 0.1) is 0 Å². The van der Waals surface area contributed by atoms with Crippen molar-refractivity contribution >= 4 is 32.3 Å². The van der Waals surface area contributed by atoms with E-state index >= 15 is 0 Å². The van der Waals surface area contributed by atoms with Crippen LogP contribution >= 0.6 is 0 Å². The first-order valence-electron chi connectivity index (χ1n) is 7.20. The fourth-order valence-corrected chi connectivity index (χ4v) is 3.76. The SMILES string of the molecule is Cc1cc(Nc2ccccc2)c2c(S(=O)(=O)O)c(C)ccc2c1. The molecule has 0 fully saturated rings. The summed E-state index contributed by atoms with van der Waals surface area (Å²) in [5, 5.41) is 4.52. The largest absolute Gasteiger partial charge is 0.355 e. The summed E-state index contributed by atoms with van der Waals surface area (Å²) in [5.74, 6) is 0. The molecule has 3 aromatic carbocycles. The van der Waals surface area contributed by atoms with Crippen LogP contribution < -0.4 is 5.32 Å². The third-order valence-electron chi connectivity index (χ3n) is 3.72. The highest BCUT2D eigenvalue weighted by Crippen LogP contribution is 2.35. The quantitative estimate of drug-likeness (QED) is 0.698. The maximum Gasteiger partial charge on any atom is 0.295 e. The first kappa shape index (κ1) is 15.5. The Hall–Kier alpha value is -2.37. The molecule has 0 saturated carbocycles. The third-order valence-corrected chi connectivity index (χ3v) is 4.76. The Labute approximate surface area is 135 Å². The van der Waals surface area contributed by atoms with Gasteiger partial charge in [-0.15, -0.1) is 0 Å². The van der Waals surface area contributed by atoms with Crippen molar-refractivity contribution in [3.63, 3.8) is 0 Å². The molecule has 0 radical (unpaired) electrons. The van der Waals surface area contributed by atoms with Crippen molar-refractivity contribution < 1.29 is 13.0 Å². The molecule has 4 nitrogen and oxygen atoms in total. The van der Waals surface area contributed by atoms with Gasteiger partial charge in [0, 0.05) is 16.8 Å². The minimum Gasteiger partial charge on any atom is -0.355 e. The highest BCUT2D eigenvalue weighted by Gasteiger charge is 2.20. The molecule has 0 amide bonds.